The minimum atomic E-state index is -0.345. The molecule has 0 saturated heterocycles. The lowest BCUT2D eigenvalue weighted by Gasteiger charge is -2.18. The number of methoxy groups -OCH3 is 1. The van der Waals surface area contributed by atoms with Gasteiger partial charge in [-0.3, -0.25) is 9.78 Å². The Morgan fingerprint density at radius 1 is 1.43 bits per heavy atom. The predicted molar refractivity (Wildman–Crippen MR) is 80.9 cm³/mol. The van der Waals surface area contributed by atoms with Gasteiger partial charge in [0.25, 0.3) is 0 Å². The summed E-state index contributed by atoms with van der Waals surface area (Å²) in [5.74, 6) is -0.675. The van der Waals surface area contributed by atoms with E-state index in [1.807, 2.05) is 20.8 Å². The molecule has 0 aliphatic carbocycles. The quantitative estimate of drug-likeness (QED) is 0.878. The van der Waals surface area contributed by atoms with Gasteiger partial charge in [-0.1, -0.05) is 0 Å². The maximum atomic E-state index is 13.6. The van der Waals surface area contributed by atoms with Crippen LogP contribution in [0.4, 0.5) is 10.1 Å². The SMILES string of the molecule is COC(=O)Cc1c(C)nc2ccc(F)cc2c1NC(C)C. The topological polar surface area (TPSA) is 51.2 Å². The Labute approximate surface area is 123 Å². The smallest absolute Gasteiger partial charge is 0.310 e. The Bertz CT molecular complexity index is 684. The molecule has 1 heterocycles. The lowest BCUT2D eigenvalue weighted by atomic mass is 10.0. The highest BCUT2D eigenvalue weighted by molar-refractivity contribution is 5.95. The zero-order valence-electron chi connectivity index (χ0n) is 12.7. The van der Waals surface area contributed by atoms with Gasteiger partial charge in [0.15, 0.2) is 0 Å². The van der Waals surface area contributed by atoms with E-state index in [2.05, 4.69) is 10.3 Å². The van der Waals surface area contributed by atoms with E-state index in [1.165, 1.54) is 19.2 Å². The van der Waals surface area contributed by atoms with Crippen LogP contribution in [0.3, 0.4) is 0 Å². The van der Waals surface area contributed by atoms with Crippen molar-refractivity contribution in [1.29, 1.82) is 0 Å². The fraction of sp³-hybridized carbons (Fsp3) is 0.375. The van der Waals surface area contributed by atoms with Gasteiger partial charge in [0.05, 0.1) is 19.0 Å². The Morgan fingerprint density at radius 3 is 2.76 bits per heavy atom. The van der Waals surface area contributed by atoms with Gasteiger partial charge in [-0.05, 0) is 39.0 Å². The van der Waals surface area contributed by atoms with E-state index in [0.717, 1.165) is 16.9 Å². The summed E-state index contributed by atoms with van der Waals surface area (Å²) in [7, 11) is 1.35. The number of esters is 1. The standard InChI is InChI=1S/C16H19FN2O2/c1-9(2)18-16-12(8-15(20)21-4)10(3)19-14-6-5-11(17)7-13(14)16/h5-7,9H,8H2,1-4H3,(H,18,19). The average molecular weight is 290 g/mol. The summed E-state index contributed by atoms with van der Waals surface area (Å²) in [6.45, 7) is 5.82. The zero-order valence-corrected chi connectivity index (χ0v) is 12.7. The molecule has 0 fully saturated rings. The highest BCUT2D eigenvalue weighted by Gasteiger charge is 2.17. The summed E-state index contributed by atoms with van der Waals surface area (Å²) in [5.41, 5.74) is 2.93. The van der Waals surface area contributed by atoms with Gasteiger partial charge in [0, 0.05) is 28.4 Å². The van der Waals surface area contributed by atoms with E-state index in [1.54, 1.807) is 6.07 Å². The van der Waals surface area contributed by atoms with Crippen molar-refractivity contribution >= 4 is 22.6 Å². The van der Waals surface area contributed by atoms with Crippen molar-refractivity contribution in [3.63, 3.8) is 0 Å². The molecule has 4 nitrogen and oxygen atoms in total. The normalized spacial score (nSPS) is 11.0. The first kappa shape index (κ1) is 15.2. The first-order chi connectivity index (χ1) is 9.92. The van der Waals surface area contributed by atoms with Crippen LogP contribution in [-0.4, -0.2) is 24.1 Å². The third kappa shape index (κ3) is 3.29. The molecule has 0 aliphatic rings. The van der Waals surface area contributed by atoms with Gasteiger partial charge in [-0.2, -0.15) is 0 Å². The Morgan fingerprint density at radius 2 is 2.14 bits per heavy atom. The van der Waals surface area contributed by atoms with Gasteiger partial charge in [0.2, 0.25) is 0 Å². The number of carbonyl (C=O) groups excluding carboxylic acids is 1. The maximum Gasteiger partial charge on any atom is 0.310 e. The summed E-state index contributed by atoms with van der Waals surface area (Å²) in [6.07, 6.45) is 0.108. The molecule has 5 heteroatoms. The molecular weight excluding hydrogens is 271 g/mol. The number of ether oxygens (including phenoxy) is 1. The van der Waals surface area contributed by atoms with Crippen LogP contribution in [0, 0.1) is 12.7 Å². The van der Waals surface area contributed by atoms with Crippen molar-refractivity contribution in [2.24, 2.45) is 0 Å². The van der Waals surface area contributed by atoms with Gasteiger partial charge >= 0.3 is 5.97 Å². The third-order valence-corrected chi connectivity index (χ3v) is 3.24. The average Bonchev–Trinajstić information content (AvgIpc) is 2.42. The number of anilines is 1. The van der Waals surface area contributed by atoms with E-state index in [0.29, 0.717) is 10.9 Å². The van der Waals surface area contributed by atoms with Gasteiger partial charge in [-0.15, -0.1) is 0 Å². The van der Waals surface area contributed by atoms with Crippen molar-refractivity contribution in [3.8, 4) is 0 Å². The number of fused-ring (bicyclic) bond motifs is 1. The van der Waals surface area contributed by atoms with Crippen LogP contribution in [0.25, 0.3) is 10.9 Å². The summed E-state index contributed by atoms with van der Waals surface area (Å²) in [5, 5.41) is 3.97. The Hall–Kier alpha value is -2.17. The fourth-order valence-electron chi connectivity index (χ4n) is 2.28. The molecule has 0 unspecified atom stereocenters. The first-order valence-corrected chi connectivity index (χ1v) is 6.84. The van der Waals surface area contributed by atoms with E-state index >= 15 is 0 Å². The lowest BCUT2D eigenvalue weighted by Crippen LogP contribution is -2.16. The van der Waals surface area contributed by atoms with Crippen LogP contribution in [-0.2, 0) is 16.0 Å². The zero-order chi connectivity index (χ0) is 15.6. The predicted octanol–water partition coefficient (Wildman–Crippen LogP) is 3.22. The number of nitrogens with one attached hydrogen (secondary N) is 1. The molecule has 1 aromatic carbocycles. The van der Waals surface area contributed by atoms with Gasteiger partial charge < -0.3 is 10.1 Å². The Balaban J connectivity index is 2.69. The van der Waals surface area contributed by atoms with Crippen LogP contribution < -0.4 is 5.32 Å². The number of hydrogen-bond donors (Lipinski definition) is 1. The van der Waals surface area contributed by atoms with Crippen molar-refractivity contribution in [2.45, 2.75) is 33.2 Å². The number of halogens is 1. The van der Waals surface area contributed by atoms with Gasteiger partial charge in [0.1, 0.15) is 5.82 Å². The second-order valence-electron chi connectivity index (χ2n) is 5.26. The number of carbonyl (C=O) groups is 1. The first-order valence-electron chi connectivity index (χ1n) is 6.84. The van der Waals surface area contributed by atoms with Crippen LogP contribution in [0.2, 0.25) is 0 Å². The fourth-order valence-corrected chi connectivity index (χ4v) is 2.28. The molecule has 0 aliphatic heterocycles. The minimum Gasteiger partial charge on any atom is -0.469 e. The number of hydrogen-bond acceptors (Lipinski definition) is 4. The van der Waals surface area contributed by atoms with E-state index in [9.17, 15) is 9.18 Å². The van der Waals surface area contributed by atoms with E-state index in [4.69, 9.17) is 4.74 Å². The molecule has 2 rings (SSSR count). The minimum absolute atomic E-state index is 0.108. The molecule has 1 N–H and O–H groups in total. The number of benzene rings is 1. The summed E-state index contributed by atoms with van der Waals surface area (Å²) < 4.78 is 18.3. The molecule has 21 heavy (non-hydrogen) atoms. The molecule has 0 saturated carbocycles. The van der Waals surface area contributed by atoms with Crippen LogP contribution in [0.15, 0.2) is 18.2 Å². The summed E-state index contributed by atoms with van der Waals surface area (Å²) >= 11 is 0. The number of aryl methyl sites for hydroxylation is 1. The highest BCUT2D eigenvalue weighted by atomic mass is 19.1. The van der Waals surface area contributed by atoms with Crippen LogP contribution in [0.5, 0.6) is 0 Å². The molecule has 1 aromatic heterocycles. The molecule has 0 spiro atoms. The molecule has 2 aromatic rings. The third-order valence-electron chi connectivity index (χ3n) is 3.24. The molecule has 0 atom stereocenters. The molecular formula is C16H19FN2O2. The largest absolute Gasteiger partial charge is 0.469 e. The number of pyridine rings is 1. The summed E-state index contributed by atoms with van der Waals surface area (Å²) in [6, 6.07) is 4.61. The second kappa shape index (κ2) is 6.08. The van der Waals surface area contributed by atoms with Crippen molar-refractivity contribution in [3.05, 3.63) is 35.3 Å². The van der Waals surface area contributed by atoms with Crippen LogP contribution >= 0.6 is 0 Å². The van der Waals surface area contributed by atoms with E-state index in [-0.39, 0.29) is 24.2 Å². The number of aromatic nitrogens is 1. The van der Waals surface area contributed by atoms with Gasteiger partial charge in [-0.25, -0.2) is 4.39 Å². The molecule has 0 amide bonds. The van der Waals surface area contributed by atoms with Crippen molar-refractivity contribution in [1.82, 2.24) is 4.98 Å². The maximum absolute atomic E-state index is 13.6. The molecule has 0 bridgehead atoms. The second-order valence-corrected chi connectivity index (χ2v) is 5.26. The monoisotopic (exact) mass is 290 g/mol. The Kier molecular flexibility index (Phi) is 4.40. The highest BCUT2D eigenvalue weighted by Crippen LogP contribution is 2.30. The van der Waals surface area contributed by atoms with Crippen LogP contribution in [0.1, 0.15) is 25.1 Å². The number of nitrogens with zero attached hydrogens (tertiary/aromatic N) is 1. The van der Waals surface area contributed by atoms with Crippen molar-refractivity contribution in [2.75, 3.05) is 12.4 Å². The summed E-state index contributed by atoms with van der Waals surface area (Å²) in [4.78, 5) is 16.1. The molecule has 112 valence electrons. The number of rotatable bonds is 4. The lowest BCUT2D eigenvalue weighted by molar-refractivity contribution is -0.139. The van der Waals surface area contributed by atoms with Crippen molar-refractivity contribution < 1.29 is 13.9 Å². The molecule has 0 radical (unpaired) electrons. The van der Waals surface area contributed by atoms with E-state index < -0.39 is 0 Å².